The minimum Gasteiger partial charge on any atom is -0.289 e. The van der Waals surface area contributed by atoms with E-state index in [2.05, 4.69) is 55.1 Å². The number of benzene rings is 3. The van der Waals surface area contributed by atoms with Gasteiger partial charge in [-0.1, -0.05) is 123 Å². The summed E-state index contributed by atoms with van der Waals surface area (Å²) in [6.07, 6.45) is 15.5. The van der Waals surface area contributed by atoms with Gasteiger partial charge in [0.15, 0.2) is 5.78 Å². The lowest BCUT2D eigenvalue weighted by molar-refractivity contribution is 0.104. The van der Waals surface area contributed by atoms with Gasteiger partial charge in [0.25, 0.3) is 0 Å². The summed E-state index contributed by atoms with van der Waals surface area (Å²) in [5.74, 6) is 0.0419. The summed E-state index contributed by atoms with van der Waals surface area (Å²) in [6, 6.07) is 26.7. The van der Waals surface area contributed by atoms with Gasteiger partial charge in [-0.3, -0.25) is 4.79 Å². The van der Waals surface area contributed by atoms with Crippen LogP contribution in [0.4, 0.5) is 0 Å². The maximum absolute atomic E-state index is 12.2. The molecule has 3 aromatic carbocycles. The second-order valence-electron chi connectivity index (χ2n) is 8.37. The van der Waals surface area contributed by atoms with E-state index in [1.54, 1.807) is 6.08 Å². The fourth-order valence-corrected chi connectivity index (χ4v) is 3.85. The number of ketones is 1. The van der Waals surface area contributed by atoms with Gasteiger partial charge in [0.2, 0.25) is 0 Å². The number of unbranched alkanes of at least 4 members (excludes halogenated alkanes) is 5. The molecule has 0 N–H and O–H groups in total. The van der Waals surface area contributed by atoms with Crippen molar-refractivity contribution in [2.24, 2.45) is 0 Å². The van der Waals surface area contributed by atoms with Crippen molar-refractivity contribution >= 4 is 17.9 Å². The zero-order valence-corrected chi connectivity index (χ0v) is 19.0. The molecule has 0 spiro atoms. The van der Waals surface area contributed by atoms with Gasteiger partial charge in [0.05, 0.1) is 0 Å². The van der Waals surface area contributed by atoms with Crippen LogP contribution in [0, 0.1) is 0 Å². The Balaban J connectivity index is 1.27. The molecule has 0 saturated carbocycles. The minimum atomic E-state index is 0.0419. The van der Waals surface area contributed by atoms with Crippen molar-refractivity contribution in [3.8, 4) is 0 Å². The molecule has 3 aromatic rings. The molecular formula is C31H34O. The zero-order valence-electron chi connectivity index (χ0n) is 19.0. The van der Waals surface area contributed by atoms with Crippen molar-refractivity contribution in [3.05, 3.63) is 119 Å². The molecule has 1 heteroatoms. The lowest BCUT2D eigenvalue weighted by Crippen LogP contribution is -1.92. The Labute approximate surface area is 193 Å². The van der Waals surface area contributed by atoms with E-state index in [0.717, 1.165) is 17.5 Å². The van der Waals surface area contributed by atoms with Gasteiger partial charge >= 0.3 is 0 Å². The third-order valence-corrected chi connectivity index (χ3v) is 5.86. The van der Waals surface area contributed by atoms with E-state index in [1.807, 2.05) is 42.5 Å². The van der Waals surface area contributed by atoms with Crippen molar-refractivity contribution in [1.82, 2.24) is 0 Å². The van der Waals surface area contributed by atoms with Gasteiger partial charge in [-0.15, -0.1) is 0 Å². The summed E-state index contributed by atoms with van der Waals surface area (Å²) in [6.45, 7) is 3.80. The van der Waals surface area contributed by atoms with Crippen molar-refractivity contribution < 1.29 is 4.79 Å². The predicted octanol–water partition coefficient (Wildman–Crippen LogP) is 8.35. The standard InChI is InChI=1S/C31H34O/c1-2-26-16-18-27(19-17-26)12-8-5-3-4-6-9-13-28-20-22-29(23-21-28)24-25-31(32)30-14-10-7-11-15-30/h2,7,10-11,14-25H,1,3-6,8-9,12-13H2/b25-24+. The molecular weight excluding hydrogens is 388 g/mol. The zero-order chi connectivity index (χ0) is 22.4. The van der Waals surface area contributed by atoms with Crippen molar-refractivity contribution in [3.63, 3.8) is 0 Å². The van der Waals surface area contributed by atoms with Crippen LogP contribution in [0.5, 0.6) is 0 Å². The Hall–Kier alpha value is -3.19. The van der Waals surface area contributed by atoms with Gasteiger partial charge in [0.1, 0.15) is 0 Å². The molecule has 0 aromatic heterocycles. The molecule has 0 saturated heterocycles. The molecule has 0 fully saturated rings. The van der Waals surface area contributed by atoms with Crippen LogP contribution in [0.25, 0.3) is 12.2 Å². The number of hydrogen-bond acceptors (Lipinski definition) is 1. The van der Waals surface area contributed by atoms with Crippen LogP contribution in [0.3, 0.4) is 0 Å². The molecule has 32 heavy (non-hydrogen) atoms. The van der Waals surface area contributed by atoms with Crippen molar-refractivity contribution in [2.45, 2.75) is 51.4 Å². The van der Waals surface area contributed by atoms with E-state index >= 15 is 0 Å². The average Bonchev–Trinajstić information content (AvgIpc) is 2.85. The van der Waals surface area contributed by atoms with Crippen LogP contribution in [0.2, 0.25) is 0 Å². The van der Waals surface area contributed by atoms with E-state index in [0.29, 0.717) is 0 Å². The normalized spacial score (nSPS) is 11.0. The molecule has 3 rings (SSSR count). The summed E-state index contributed by atoms with van der Waals surface area (Å²) in [5, 5.41) is 0. The summed E-state index contributed by atoms with van der Waals surface area (Å²) in [5.41, 5.74) is 5.79. The molecule has 0 aliphatic carbocycles. The Morgan fingerprint density at radius 3 is 1.66 bits per heavy atom. The van der Waals surface area contributed by atoms with Gasteiger partial charge in [0, 0.05) is 5.56 Å². The van der Waals surface area contributed by atoms with Crippen LogP contribution in [-0.2, 0) is 12.8 Å². The summed E-state index contributed by atoms with van der Waals surface area (Å²) < 4.78 is 0. The van der Waals surface area contributed by atoms with Crippen LogP contribution in [0.1, 0.15) is 71.1 Å². The molecule has 0 amide bonds. The first kappa shape index (κ1) is 23.5. The van der Waals surface area contributed by atoms with E-state index < -0.39 is 0 Å². The first-order valence-corrected chi connectivity index (χ1v) is 11.8. The number of aryl methyl sites for hydroxylation is 2. The fraction of sp³-hybridized carbons (Fsp3) is 0.258. The number of carbonyl (C=O) groups is 1. The van der Waals surface area contributed by atoms with Gasteiger partial charge in [-0.2, -0.15) is 0 Å². The average molecular weight is 423 g/mol. The predicted molar refractivity (Wildman–Crippen MR) is 138 cm³/mol. The first-order valence-electron chi connectivity index (χ1n) is 11.8. The number of carbonyl (C=O) groups excluding carboxylic acids is 1. The highest BCUT2D eigenvalue weighted by Gasteiger charge is 2.00. The fourth-order valence-electron chi connectivity index (χ4n) is 3.85. The van der Waals surface area contributed by atoms with Gasteiger partial charge < -0.3 is 0 Å². The summed E-state index contributed by atoms with van der Waals surface area (Å²) in [7, 11) is 0. The van der Waals surface area contributed by atoms with E-state index in [4.69, 9.17) is 0 Å². The topological polar surface area (TPSA) is 17.1 Å². The maximum Gasteiger partial charge on any atom is 0.185 e. The molecule has 0 bridgehead atoms. The van der Waals surface area contributed by atoms with Crippen LogP contribution >= 0.6 is 0 Å². The second kappa shape index (κ2) is 13.3. The van der Waals surface area contributed by atoms with Crippen LogP contribution in [0.15, 0.2) is 91.5 Å². The molecule has 0 aliphatic heterocycles. The van der Waals surface area contributed by atoms with Gasteiger partial charge in [-0.25, -0.2) is 0 Å². The number of allylic oxidation sites excluding steroid dienone is 1. The van der Waals surface area contributed by atoms with E-state index in [1.165, 1.54) is 61.6 Å². The molecule has 1 nitrogen and oxygen atoms in total. The molecule has 0 unspecified atom stereocenters. The van der Waals surface area contributed by atoms with E-state index in [-0.39, 0.29) is 5.78 Å². The van der Waals surface area contributed by atoms with Crippen LogP contribution < -0.4 is 0 Å². The minimum absolute atomic E-state index is 0.0419. The Morgan fingerprint density at radius 2 is 1.12 bits per heavy atom. The lowest BCUT2D eigenvalue weighted by Gasteiger charge is -2.04. The third kappa shape index (κ3) is 8.15. The molecule has 0 atom stereocenters. The van der Waals surface area contributed by atoms with Crippen molar-refractivity contribution in [1.29, 1.82) is 0 Å². The smallest absolute Gasteiger partial charge is 0.185 e. The lowest BCUT2D eigenvalue weighted by atomic mass is 10.0. The highest BCUT2D eigenvalue weighted by Crippen LogP contribution is 2.14. The van der Waals surface area contributed by atoms with Gasteiger partial charge in [-0.05, 0) is 54.0 Å². The Kier molecular flexibility index (Phi) is 9.73. The SMILES string of the molecule is C=Cc1ccc(CCCCCCCCc2ccc(/C=C/C(=O)c3ccccc3)cc2)cc1. The second-order valence-corrected chi connectivity index (χ2v) is 8.37. The Bertz CT molecular complexity index is 979. The maximum atomic E-state index is 12.2. The number of rotatable bonds is 13. The summed E-state index contributed by atoms with van der Waals surface area (Å²) in [4.78, 5) is 12.2. The highest BCUT2D eigenvalue weighted by molar-refractivity contribution is 6.06. The highest BCUT2D eigenvalue weighted by atomic mass is 16.1. The largest absolute Gasteiger partial charge is 0.289 e. The number of hydrogen-bond donors (Lipinski definition) is 0. The molecule has 0 aliphatic rings. The quantitative estimate of drug-likeness (QED) is 0.154. The first-order chi connectivity index (χ1) is 15.7. The Morgan fingerprint density at radius 1 is 0.625 bits per heavy atom. The van der Waals surface area contributed by atoms with Crippen molar-refractivity contribution in [2.75, 3.05) is 0 Å². The van der Waals surface area contributed by atoms with E-state index in [9.17, 15) is 4.79 Å². The third-order valence-electron chi connectivity index (χ3n) is 5.86. The monoisotopic (exact) mass is 422 g/mol. The molecule has 0 heterocycles. The molecule has 0 radical (unpaired) electrons. The summed E-state index contributed by atoms with van der Waals surface area (Å²) >= 11 is 0. The van der Waals surface area contributed by atoms with Crippen LogP contribution in [-0.4, -0.2) is 5.78 Å². The molecule has 164 valence electrons.